The van der Waals surface area contributed by atoms with Crippen LogP contribution < -0.4 is 10.6 Å². The molecule has 0 aromatic heterocycles. The van der Waals surface area contributed by atoms with Crippen LogP contribution in [0.1, 0.15) is 26.3 Å². The zero-order valence-corrected chi connectivity index (χ0v) is 11.8. The minimum Gasteiger partial charge on any atom is -0.376 e. The maximum absolute atomic E-state index is 11.9. The largest absolute Gasteiger partial charge is 0.405 e. The highest BCUT2D eigenvalue weighted by atomic mass is 19.4. The van der Waals surface area contributed by atoms with Gasteiger partial charge in [-0.25, -0.2) is 0 Å². The summed E-state index contributed by atoms with van der Waals surface area (Å²) in [4.78, 5) is 11.2. The summed E-state index contributed by atoms with van der Waals surface area (Å²) in [5.74, 6) is -0.692. The lowest BCUT2D eigenvalue weighted by atomic mass is 9.87. The molecule has 0 atom stereocenters. The molecule has 0 saturated carbocycles. The Labute approximate surface area is 116 Å². The molecule has 6 heteroatoms. The zero-order chi connectivity index (χ0) is 15.4. The van der Waals surface area contributed by atoms with Gasteiger partial charge in [0.15, 0.2) is 0 Å². The first kappa shape index (κ1) is 16.3. The van der Waals surface area contributed by atoms with E-state index in [-0.39, 0.29) is 12.0 Å². The number of nitrogens with one attached hydrogen (secondary N) is 2. The van der Waals surface area contributed by atoms with E-state index in [1.165, 1.54) is 0 Å². The molecule has 0 spiro atoms. The Hall–Kier alpha value is -1.72. The summed E-state index contributed by atoms with van der Waals surface area (Å²) in [6.07, 6.45) is -4.38. The Morgan fingerprint density at radius 2 is 1.65 bits per heavy atom. The van der Waals surface area contributed by atoms with Crippen LogP contribution in [0.3, 0.4) is 0 Å². The first-order valence-corrected chi connectivity index (χ1v) is 6.26. The molecular formula is C14H19F3N2O. The smallest absolute Gasteiger partial charge is 0.376 e. The third-order valence-electron chi connectivity index (χ3n) is 2.69. The first-order chi connectivity index (χ1) is 9.08. The molecule has 2 N–H and O–H groups in total. The van der Waals surface area contributed by atoms with Crippen molar-refractivity contribution in [2.75, 3.05) is 18.4 Å². The van der Waals surface area contributed by atoms with Gasteiger partial charge in [-0.05, 0) is 23.1 Å². The van der Waals surface area contributed by atoms with Gasteiger partial charge >= 0.3 is 6.18 Å². The number of amides is 1. The topological polar surface area (TPSA) is 41.1 Å². The van der Waals surface area contributed by atoms with Crippen LogP contribution in [-0.4, -0.2) is 25.2 Å². The van der Waals surface area contributed by atoms with Crippen molar-refractivity contribution in [2.45, 2.75) is 32.4 Å². The summed E-state index contributed by atoms with van der Waals surface area (Å²) in [5.41, 5.74) is 1.87. The van der Waals surface area contributed by atoms with Crippen LogP contribution in [0.25, 0.3) is 0 Å². The summed E-state index contributed by atoms with van der Waals surface area (Å²) >= 11 is 0. The number of rotatable bonds is 4. The summed E-state index contributed by atoms with van der Waals surface area (Å²) < 4.78 is 35.7. The number of carbonyl (C=O) groups is 1. The zero-order valence-electron chi connectivity index (χ0n) is 11.8. The van der Waals surface area contributed by atoms with E-state index in [9.17, 15) is 18.0 Å². The van der Waals surface area contributed by atoms with Crippen LogP contribution in [0.4, 0.5) is 18.9 Å². The van der Waals surface area contributed by atoms with Gasteiger partial charge in [0.05, 0.1) is 6.54 Å². The second kappa shape index (κ2) is 6.15. The fraction of sp³-hybridized carbons (Fsp3) is 0.500. The number of benzene rings is 1. The van der Waals surface area contributed by atoms with Crippen molar-refractivity contribution >= 4 is 11.6 Å². The maximum Gasteiger partial charge on any atom is 0.405 e. The van der Waals surface area contributed by atoms with Crippen molar-refractivity contribution in [3.63, 3.8) is 0 Å². The molecule has 0 unspecified atom stereocenters. The summed E-state index contributed by atoms with van der Waals surface area (Å²) in [6.45, 7) is 4.75. The predicted molar refractivity (Wildman–Crippen MR) is 72.7 cm³/mol. The van der Waals surface area contributed by atoms with Crippen LogP contribution in [0.2, 0.25) is 0 Å². The van der Waals surface area contributed by atoms with Gasteiger partial charge in [0.1, 0.15) is 6.54 Å². The highest BCUT2D eigenvalue weighted by Crippen LogP contribution is 2.23. The van der Waals surface area contributed by atoms with Crippen molar-refractivity contribution in [1.82, 2.24) is 5.32 Å². The molecule has 20 heavy (non-hydrogen) atoms. The van der Waals surface area contributed by atoms with Crippen LogP contribution in [0, 0.1) is 0 Å². The van der Waals surface area contributed by atoms with Crippen molar-refractivity contribution in [3.8, 4) is 0 Å². The lowest BCUT2D eigenvalue weighted by Gasteiger charge is -2.19. The monoisotopic (exact) mass is 288 g/mol. The van der Waals surface area contributed by atoms with Gasteiger partial charge in [0, 0.05) is 5.69 Å². The summed E-state index contributed by atoms with van der Waals surface area (Å²) in [7, 11) is 0. The number of carbonyl (C=O) groups excluding carboxylic acids is 1. The molecule has 0 aliphatic carbocycles. The number of hydrogen-bond donors (Lipinski definition) is 2. The molecule has 0 radical (unpaired) electrons. The predicted octanol–water partition coefficient (Wildman–Crippen LogP) is 3.07. The van der Waals surface area contributed by atoms with Gasteiger partial charge in [-0.3, -0.25) is 4.79 Å². The van der Waals surface area contributed by atoms with Crippen LogP contribution in [-0.2, 0) is 10.2 Å². The van der Waals surface area contributed by atoms with E-state index in [1.807, 2.05) is 12.1 Å². The Bertz CT molecular complexity index is 447. The first-order valence-electron chi connectivity index (χ1n) is 6.26. The van der Waals surface area contributed by atoms with Gasteiger partial charge in [0.25, 0.3) is 0 Å². The molecule has 0 saturated heterocycles. The molecule has 0 heterocycles. The van der Waals surface area contributed by atoms with Crippen molar-refractivity contribution in [3.05, 3.63) is 29.8 Å². The normalized spacial score (nSPS) is 12.1. The van der Waals surface area contributed by atoms with Crippen LogP contribution in [0.15, 0.2) is 24.3 Å². The van der Waals surface area contributed by atoms with Crippen molar-refractivity contribution < 1.29 is 18.0 Å². The molecule has 0 bridgehead atoms. The lowest BCUT2D eigenvalue weighted by Crippen LogP contribution is -2.37. The molecule has 0 aliphatic rings. The molecule has 0 fully saturated rings. The Morgan fingerprint density at radius 1 is 1.10 bits per heavy atom. The van der Waals surface area contributed by atoms with E-state index in [1.54, 1.807) is 17.4 Å². The molecular weight excluding hydrogens is 269 g/mol. The lowest BCUT2D eigenvalue weighted by molar-refractivity contribution is -0.137. The van der Waals surface area contributed by atoms with E-state index < -0.39 is 18.6 Å². The van der Waals surface area contributed by atoms with E-state index in [2.05, 4.69) is 26.1 Å². The average molecular weight is 288 g/mol. The van der Waals surface area contributed by atoms with Crippen molar-refractivity contribution in [2.24, 2.45) is 0 Å². The molecule has 1 aromatic carbocycles. The van der Waals surface area contributed by atoms with Gasteiger partial charge < -0.3 is 10.6 Å². The second-order valence-corrected chi connectivity index (χ2v) is 5.57. The van der Waals surface area contributed by atoms with Crippen molar-refractivity contribution in [1.29, 1.82) is 0 Å². The van der Waals surface area contributed by atoms with E-state index in [0.717, 1.165) is 5.56 Å². The second-order valence-electron chi connectivity index (χ2n) is 5.57. The van der Waals surface area contributed by atoms with E-state index >= 15 is 0 Å². The quantitative estimate of drug-likeness (QED) is 0.894. The van der Waals surface area contributed by atoms with Gasteiger partial charge in [-0.1, -0.05) is 32.9 Å². The molecule has 1 amide bonds. The molecule has 112 valence electrons. The third kappa shape index (κ3) is 5.95. The fourth-order valence-electron chi connectivity index (χ4n) is 1.53. The standard InChI is InChI=1S/C14H19F3N2O/c1-13(2,3)10-4-6-11(7-5-10)18-8-12(20)19-9-14(15,16)17/h4-7,18H,8-9H2,1-3H3,(H,19,20). The average Bonchev–Trinajstić information content (AvgIpc) is 2.32. The number of hydrogen-bond acceptors (Lipinski definition) is 2. The van der Waals surface area contributed by atoms with Gasteiger partial charge in [-0.15, -0.1) is 0 Å². The Balaban J connectivity index is 2.44. The molecule has 3 nitrogen and oxygen atoms in total. The third-order valence-corrected chi connectivity index (χ3v) is 2.69. The Morgan fingerprint density at radius 3 is 2.10 bits per heavy atom. The summed E-state index contributed by atoms with van der Waals surface area (Å²) in [6, 6.07) is 7.46. The fourth-order valence-corrected chi connectivity index (χ4v) is 1.53. The number of alkyl halides is 3. The minimum absolute atomic E-state index is 0.0304. The summed E-state index contributed by atoms with van der Waals surface area (Å²) in [5, 5.41) is 4.58. The number of anilines is 1. The molecule has 0 aliphatic heterocycles. The van der Waals surface area contributed by atoms with Gasteiger partial charge in [0.2, 0.25) is 5.91 Å². The highest BCUT2D eigenvalue weighted by molar-refractivity contribution is 5.80. The van der Waals surface area contributed by atoms with Crippen LogP contribution in [0.5, 0.6) is 0 Å². The minimum atomic E-state index is -4.38. The van der Waals surface area contributed by atoms with Crippen LogP contribution >= 0.6 is 0 Å². The van der Waals surface area contributed by atoms with E-state index in [4.69, 9.17) is 0 Å². The van der Waals surface area contributed by atoms with Gasteiger partial charge in [-0.2, -0.15) is 13.2 Å². The number of halogens is 3. The highest BCUT2D eigenvalue weighted by Gasteiger charge is 2.27. The van der Waals surface area contributed by atoms with E-state index in [0.29, 0.717) is 5.69 Å². The SMILES string of the molecule is CC(C)(C)c1ccc(NCC(=O)NCC(F)(F)F)cc1. The molecule has 1 rings (SSSR count). The molecule has 1 aromatic rings. The maximum atomic E-state index is 11.9. The Kier molecular flexibility index (Phi) is 5.03.